The molecule has 4 bridgehead atoms. The molecule has 1 aromatic rings. The minimum atomic E-state index is 0.0987. The summed E-state index contributed by atoms with van der Waals surface area (Å²) in [5.41, 5.74) is 1.35. The van der Waals surface area contributed by atoms with Crippen molar-refractivity contribution < 1.29 is 9.53 Å². The fourth-order valence-electron chi connectivity index (χ4n) is 5.60. The molecule has 4 fully saturated rings. The van der Waals surface area contributed by atoms with Crippen molar-refractivity contribution in [3.05, 3.63) is 29.8 Å². The van der Waals surface area contributed by atoms with Gasteiger partial charge in [0.25, 0.3) is 0 Å². The molecule has 1 aromatic carbocycles. The van der Waals surface area contributed by atoms with Gasteiger partial charge in [-0.3, -0.25) is 4.79 Å². The van der Waals surface area contributed by atoms with Gasteiger partial charge in [-0.05, 0) is 74.0 Å². The molecular weight excluding hydrogens is 300 g/mol. The second-order valence-corrected chi connectivity index (χ2v) is 8.18. The molecule has 0 aromatic heterocycles. The summed E-state index contributed by atoms with van der Waals surface area (Å²) in [6.07, 6.45) is 8.15. The molecule has 4 aliphatic carbocycles. The van der Waals surface area contributed by atoms with Gasteiger partial charge in [0, 0.05) is 12.1 Å². The summed E-state index contributed by atoms with van der Waals surface area (Å²) in [7, 11) is 1.66. The lowest BCUT2D eigenvalue weighted by atomic mass is 9.53. The van der Waals surface area contributed by atoms with Gasteiger partial charge in [0.1, 0.15) is 5.75 Å². The molecule has 1 amide bonds. The van der Waals surface area contributed by atoms with Crippen molar-refractivity contribution in [1.29, 1.82) is 0 Å². The molecule has 0 atom stereocenters. The highest BCUT2D eigenvalue weighted by molar-refractivity contribution is 5.78. The zero-order chi connectivity index (χ0) is 16.6. The Kier molecular flexibility index (Phi) is 4.25. The average molecular weight is 328 g/mol. The molecule has 130 valence electrons. The van der Waals surface area contributed by atoms with Crippen LogP contribution in [0.3, 0.4) is 0 Å². The number of benzene rings is 1. The van der Waals surface area contributed by atoms with Crippen LogP contribution < -0.4 is 15.4 Å². The molecule has 4 saturated carbocycles. The fourth-order valence-corrected chi connectivity index (χ4v) is 5.60. The van der Waals surface area contributed by atoms with Crippen molar-refractivity contribution in [2.24, 2.45) is 17.8 Å². The van der Waals surface area contributed by atoms with E-state index in [4.69, 9.17) is 4.74 Å². The zero-order valence-corrected chi connectivity index (χ0v) is 14.5. The van der Waals surface area contributed by atoms with Crippen LogP contribution in [0.4, 0.5) is 0 Å². The molecule has 0 heterocycles. The van der Waals surface area contributed by atoms with Gasteiger partial charge in [-0.15, -0.1) is 0 Å². The number of hydrogen-bond donors (Lipinski definition) is 2. The van der Waals surface area contributed by atoms with E-state index in [1.807, 2.05) is 24.3 Å². The molecule has 0 radical (unpaired) electrons. The van der Waals surface area contributed by atoms with E-state index in [-0.39, 0.29) is 11.4 Å². The van der Waals surface area contributed by atoms with E-state index < -0.39 is 0 Å². The number of methoxy groups -OCH3 is 1. The third-order valence-corrected chi connectivity index (χ3v) is 6.31. The summed E-state index contributed by atoms with van der Waals surface area (Å²) in [5.74, 6) is 3.67. The van der Waals surface area contributed by atoms with Gasteiger partial charge < -0.3 is 15.4 Å². The topological polar surface area (TPSA) is 50.4 Å². The molecule has 4 aliphatic rings. The van der Waals surface area contributed by atoms with Crippen LogP contribution in [-0.4, -0.2) is 25.1 Å². The first-order valence-corrected chi connectivity index (χ1v) is 9.29. The Labute approximate surface area is 144 Å². The minimum Gasteiger partial charge on any atom is -0.497 e. The van der Waals surface area contributed by atoms with Gasteiger partial charge in [-0.1, -0.05) is 12.1 Å². The minimum absolute atomic E-state index is 0.0987. The molecule has 0 saturated heterocycles. The van der Waals surface area contributed by atoms with E-state index in [1.165, 1.54) is 38.5 Å². The van der Waals surface area contributed by atoms with Gasteiger partial charge in [-0.25, -0.2) is 0 Å². The third-order valence-electron chi connectivity index (χ3n) is 6.31. The summed E-state index contributed by atoms with van der Waals surface area (Å²) in [6.45, 7) is 1.02. The Morgan fingerprint density at radius 1 is 1.08 bits per heavy atom. The maximum atomic E-state index is 12.2. The van der Waals surface area contributed by atoms with Gasteiger partial charge in [-0.2, -0.15) is 0 Å². The molecule has 5 rings (SSSR count). The van der Waals surface area contributed by atoms with Gasteiger partial charge >= 0.3 is 0 Å². The van der Waals surface area contributed by atoms with E-state index >= 15 is 0 Å². The summed E-state index contributed by atoms with van der Waals surface area (Å²) >= 11 is 0. The zero-order valence-electron chi connectivity index (χ0n) is 14.5. The number of amides is 1. The molecule has 0 spiro atoms. The van der Waals surface area contributed by atoms with Crippen molar-refractivity contribution in [2.75, 3.05) is 13.7 Å². The second kappa shape index (κ2) is 6.40. The second-order valence-electron chi connectivity index (χ2n) is 8.18. The van der Waals surface area contributed by atoms with Crippen molar-refractivity contribution in [2.45, 2.75) is 50.6 Å². The van der Waals surface area contributed by atoms with Crippen molar-refractivity contribution in [3.8, 4) is 5.75 Å². The molecule has 2 N–H and O–H groups in total. The summed E-state index contributed by atoms with van der Waals surface area (Å²) < 4.78 is 5.15. The Morgan fingerprint density at radius 3 is 2.21 bits per heavy atom. The van der Waals surface area contributed by atoms with Gasteiger partial charge in [0.2, 0.25) is 5.91 Å². The Hall–Kier alpha value is -1.55. The van der Waals surface area contributed by atoms with Crippen LogP contribution in [0.2, 0.25) is 0 Å². The number of carbonyl (C=O) groups is 1. The highest BCUT2D eigenvalue weighted by atomic mass is 16.5. The molecule has 24 heavy (non-hydrogen) atoms. The number of rotatable bonds is 6. The van der Waals surface area contributed by atoms with Crippen molar-refractivity contribution >= 4 is 5.91 Å². The fraction of sp³-hybridized carbons (Fsp3) is 0.650. The molecule has 0 unspecified atom stereocenters. The maximum Gasteiger partial charge on any atom is 0.234 e. The summed E-state index contributed by atoms with van der Waals surface area (Å²) in [5, 5.41) is 6.68. The SMILES string of the molecule is COc1ccc(CNC(=O)CNC23CC4CC(CC(C4)C2)C3)cc1. The normalized spacial score (nSPS) is 33.5. The monoisotopic (exact) mass is 328 g/mol. The van der Waals surface area contributed by atoms with E-state index in [9.17, 15) is 4.79 Å². The van der Waals surface area contributed by atoms with E-state index in [1.54, 1.807) is 7.11 Å². The first-order valence-electron chi connectivity index (χ1n) is 9.29. The maximum absolute atomic E-state index is 12.2. The number of ether oxygens (including phenoxy) is 1. The van der Waals surface area contributed by atoms with Gasteiger partial charge in [0.15, 0.2) is 0 Å². The molecule has 4 heteroatoms. The number of carbonyl (C=O) groups excluding carboxylic acids is 1. The van der Waals surface area contributed by atoms with Crippen LogP contribution in [0.25, 0.3) is 0 Å². The van der Waals surface area contributed by atoms with Crippen molar-refractivity contribution in [1.82, 2.24) is 10.6 Å². The largest absolute Gasteiger partial charge is 0.497 e. The Balaban J connectivity index is 1.26. The van der Waals surface area contributed by atoms with E-state index in [0.29, 0.717) is 13.1 Å². The van der Waals surface area contributed by atoms with Crippen LogP contribution in [0.15, 0.2) is 24.3 Å². The van der Waals surface area contributed by atoms with Crippen LogP contribution in [-0.2, 0) is 11.3 Å². The van der Waals surface area contributed by atoms with Crippen LogP contribution >= 0.6 is 0 Å². The lowest BCUT2D eigenvalue weighted by Crippen LogP contribution is -2.59. The van der Waals surface area contributed by atoms with Gasteiger partial charge in [0.05, 0.1) is 13.7 Å². The lowest BCUT2D eigenvalue weighted by molar-refractivity contribution is -0.121. The Morgan fingerprint density at radius 2 is 1.67 bits per heavy atom. The third kappa shape index (κ3) is 3.30. The highest BCUT2D eigenvalue weighted by Gasteiger charge is 2.50. The summed E-state index contributed by atoms with van der Waals surface area (Å²) in [4.78, 5) is 12.2. The molecule has 4 nitrogen and oxygen atoms in total. The molecular formula is C20H28N2O2. The van der Waals surface area contributed by atoms with E-state index in [2.05, 4.69) is 10.6 Å². The summed E-state index contributed by atoms with van der Waals surface area (Å²) in [6, 6.07) is 7.83. The van der Waals surface area contributed by atoms with Crippen LogP contribution in [0.1, 0.15) is 44.1 Å². The first-order chi connectivity index (χ1) is 11.6. The predicted octanol–water partition coefficient (Wildman–Crippen LogP) is 2.87. The van der Waals surface area contributed by atoms with Crippen LogP contribution in [0, 0.1) is 17.8 Å². The Bertz CT molecular complexity index is 561. The lowest BCUT2D eigenvalue weighted by Gasteiger charge is -2.57. The predicted molar refractivity (Wildman–Crippen MR) is 93.7 cm³/mol. The van der Waals surface area contributed by atoms with E-state index in [0.717, 1.165) is 29.1 Å². The highest BCUT2D eigenvalue weighted by Crippen LogP contribution is 2.55. The quantitative estimate of drug-likeness (QED) is 0.844. The van der Waals surface area contributed by atoms with Crippen LogP contribution in [0.5, 0.6) is 5.75 Å². The van der Waals surface area contributed by atoms with Crippen molar-refractivity contribution in [3.63, 3.8) is 0 Å². The standard InChI is InChI=1S/C20H28N2O2/c1-24-18-4-2-14(3-5-18)12-21-19(23)13-22-20-9-15-6-16(10-20)8-17(7-15)11-20/h2-5,15-17,22H,6-13H2,1H3,(H,21,23). The number of hydrogen-bond acceptors (Lipinski definition) is 3. The molecule has 0 aliphatic heterocycles. The first kappa shape index (κ1) is 15.9. The smallest absolute Gasteiger partial charge is 0.234 e. The number of nitrogens with one attached hydrogen (secondary N) is 2. The average Bonchev–Trinajstić information content (AvgIpc) is 2.57.